The zero-order valence-electron chi connectivity index (χ0n) is 16.8. The highest BCUT2D eigenvalue weighted by molar-refractivity contribution is 5.97. The normalized spacial score (nSPS) is 26.5. The molecule has 6 N–H and O–H groups in total. The maximum Gasteiger partial charge on any atom is 0.303 e. The SMILES string of the molecule is NCC1CCC(CC2(N)N=C(Nc3ccc4ncccc4c3)NC=C2[N+](=O)[O-])CC1. The molecule has 4 rings (SSSR count). The summed E-state index contributed by atoms with van der Waals surface area (Å²) in [5, 5.41) is 18.7. The average molecular weight is 409 g/mol. The monoisotopic (exact) mass is 409 g/mol. The lowest BCUT2D eigenvalue weighted by molar-refractivity contribution is -0.436. The second-order valence-corrected chi connectivity index (χ2v) is 8.18. The molecular formula is C21H27N7O2. The van der Waals surface area contributed by atoms with Crippen LogP contribution in [0.2, 0.25) is 0 Å². The first-order valence-electron chi connectivity index (χ1n) is 10.3. The molecule has 0 amide bonds. The molecule has 2 heterocycles. The fraction of sp³-hybridized carbons (Fsp3) is 0.429. The zero-order chi connectivity index (χ0) is 21.1. The van der Waals surface area contributed by atoms with Gasteiger partial charge in [0.25, 0.3) is 0 Å². The highest BCUT2D eigenvalue weighted by Crippen LogP contribution is 2.36. The number of nitro groups is 1. The summed E-state index contributed by atoms with van der Waals surface area (Å²) < 4.78 is 0. The number of nitrogens with two attached hydrogens (primary N) is 2. The van der Waals surface area contributed by atoms with Crippen LogP contribution in [0.5, 0.6) is 0 Å². The Kier molecular flexibility index (Phi) is 5.65. The van der Waals surface area contributed by atoms with E-state index in [2.05, 4.69) is 20.6 Å². The van der Waals surface area contributed by atoms with E-state index in [9.17, 15) is 10.1 Å². The molecule has 1 atom stereocenters. The van der Waals surface area contributed by atoms with Crippen LogP contribution in [0.1, 0.15) is 32.1 Å². The van der Waals surface area contributed by atoms with Crippen LogP contribution in [0, 0.1) is 22.0 Å². The Labute approximate surface area is 174 Å². The smallest absolute Gasteiger partial charge is 0.303 e. The molecule has 0 radical (unpaired) electrons. The van der Waals surface area contributed by atoms with E-state index >= 15 is 0 Å². The van der Waals surface area contributed by atoms with Gasteiger partial charge in [-0.1, -0.05) is 6.07 Å². The van der Waals surface area contributed by atoms with Crippen LogP contribution in [0.3, 0.4) is 0 Å². The minimum Gasteiger partial charge on any atom is -0.330 e. The molecule has 0 bridgehead atoms. The highest BCUT2D eigenvalue weighted by atomic mass is 16.6. The van der Waals surface area contributed by atoms with Crippen LogP contribution >= 0.6 is 0 Å². The molecule has 2 aliphatic rings. The average Bonchev–Trinajstić information content (AvgIpc) is 2.74. The number of rotatable bonds is 5. The van der Waals surface area contributed by atoms with Gasteiger partial charge in [0.15, 0.2) is 0 Å². The topological polar surface area (TPSA) is 144 Å². The van der Waals surface area contributed by atoms with E-state index in [0.29, 0.717) is 24.8 Å². The van der Waals surface area contributed by atoms with Crippen molar-refractivity contribution in [2.24, 2.45) is 28.3 Å². The first kappa shape index (κ1) is 20.2. The predicted octanol–water partition coefficient (Wildman–Crippen LogP) is 2.53. The molecule has 1 fully saturated rings. The third kappa shape index (κ3) is 4.27. The molecule has 1 aromatic heterocycles. The molecule has 2 aromatic rings. The number of aromatic nitrogens is 1. The van der Waals surface area contributed by atoms with Gasteiger partial charge >= 0.3 is 5.70 Å². The maximum atomic E-state index is 11.6. The van der Waals surface area contributed by atoms with E-state index in [0.717, 1.165) is 42.3 Å². The van der Waals surface area contributed by atoms with Crippen molar-refractivity contribution in [3.05, 3.63) is 58.5 Å². The predicted molar refractivity (Wildman–Crippen MR) is 117 cm³/mol. The van der Waals surface area contributed by atoms with Crippen molar-refractivity contribution in [1.29, 1.82) is 0 Å². The Morgan fingerprint density at radius 1 is 1.23 bits per heavy atom. The van der Waals surface area contributed by atoms with E-state index in [-0.39, 0.29) is 11.6 Å². The summed E-state index contributed by atoms with van der Waals surface area (Å²) in [5.74, 6) is 1.22. The van der Waals surface area contributed by atoms with E-state index in [1.165, 1.54) is 6.20 Å². The lowest BCUT2D eigenvalue weighted by atomic mass is 9.77. The summed E-state index contributed by atoms with van der Waals surface area (Å²) in [7, 11) is 0. The standard InChI is InChI=1S/C21H27N7O2/c22-12-15-5-3-14(4-6-15)11-21(23)19(28(29)30)13-25-20(27-21)26-17-7-8-18-16(10-17)2-1-9-24-18/h1-2,7-10,13-15H,3-6,11-12,22-23H2,(H2,25,26,27). The fourth-order valence-corrected chi connectivity index (χ4v) is 4.38. The van der Waals surface area contributed by atoms with Gasteiger partial charge in [-0.3, -0.25) is 20.8 Å². The largest absolute Gasteiger partial charge is 0.330 e. The van der Waals surface area contributed by atoms with Crippen LogP contribution in [0.4, 0.5) is 5.69 Å². The number of pyridine rings is 1. The van der Waals surface area contributed by atoms with Gasteiger partial charge in [-0.2, -0.15) is 0 Å². The number of guanidine groups is 1. The Morgan fingerprint density at radius 2 is 2.00 bits per heavy atom. The summed E-state index contributed by atoms with van der Waals surface area (Å²) in [6.07, 6.45) is 7.54. The molecule has 9 nitrogen and oxygen atoms in total. The zero-order valence-corrected chi connectivity index (χ0v) is 16.8. The molecule has 1 aliphatic carbocycles. The van der Waals surface area contributed by atoms with Gasteiger partial charge in [0.2, 0.25) is 11.6 Å². The van der Waals surface area contributed by atoms with Gasteiger partial charge in [-0.25, -0.2) is 4.99 Å². The van der Waals surface area contributed by atoms with Crippen molar-refractivity contribution >= 4 is 22.5 Å². The summed E-state index contributed by atoms with van der Waals surface area (Å²) in [6.45, 7) is 0.692. The first-order chi connectivity index (χ1) is 14.5. The highest BCUT2D eigenvalue weighted by Gasteiger charge is 2.44. The Bertz CT molecular complexity index is 998. The Hall–Kier alpha value is -3.04. The van der Waals surface area contributed by atoms with Crippen LogP contribution < -0.4 is 22.1 Å². The lowest BCUT2D eigenvalue weighted by Gasteiger charge is -2.34. The number of nitrogens with one attached hydrogen (secondary N) is 2. The number of hydrogen-bond acceptors (Lipinski definition) is 8. The van der Waals surface area contributed by atoms with E-state index in [1.807, 2.05) is 30.3 Å². The van der Waals surface area contributed by atoms with Gasteiger partial charge < -0.3 is 16.4 Å². The summed E-state index contributed by atoms with van der Waals surface area (Å²) in [4.78, 5) is 20.0. The number of hydrogen-bond donors (Lipinski definition) is 4. The molecule has 1 aromatic carbocycles. The van der Waals surface area contributed by atoms with Gasteiger partial charge in [0.05, 0.1) is 16.6 Å². The molecule has 0 spiro atoms. The third-order valence-electron chi connectivity index (χ3n) is 6.06. The Morgan fingerprint density at radius 3 is 2.73 bits per heavy atom. The number of aliphatic imine (C=N–C) groups is 1. The van der Waals surface area contributed by atoms with Gasteiger partial charge in [-0.05, 0) is 74.8 Å². The molecule has 1 unspecified atom stereocenters. The second kappa shape index (κ2) is 8.37. The molecule has 1 aliphatic heterocycles. The lowest BCUT2D eigenvalue weighted by Crippen LogP contribution is -2.51. The minimum atomic E-state index is -1.38. The Balaban J connectivity index is 1.54. The van der Waals surface area contributed by atoms with Gasteiger partial charge in [0.1, 0.15) is 0 Å². The van der Waals surface area contributed by atoms with Crippen LogP contribution in [0.15, 0.2) is 53.4 Å². The van der Waals surface area contributed by atoms with E-state index in [1.54, 1.807) is 6.20 Å². The van der Waals surface area contributed by atoms with Crippen LogP contribution in [0.25, 0.3) is 10.9 Å². The second-order valence-electron chi connectivity index (χ2n) is 8.18. The minimum absolute atomic E-state index is 0.114. The van der Waals surface area contributed by atoms with Crippen LogP contribution in [-0.2, 0) is 0 Å². The molecular weight excluding hydrogens is 382 g/mol. The van der Waals surface area contributed by atoms with Crippen molar-refractivity contribution in [2.75, 3.05) is 11.9 Å². The molecule has 0 saturated heterocycles. The molecule has 9 heteroatoms. The molecule has 158 valence electrons. The third-order valence-corrected chi connectivity index (χ3v) is 6.06. The van der Waals surface area contributed by atoms with Crippen molar-refractivity contribution in [3.63, 3.8) is 0 Å². The number of fused-ring (bicyclic) bond motifs is 1. The van der Waals surface area contributed by atoms with E-state index < -0.39 is 10.6 Å². The summed E-state index contributed by atoms with van der Waals surface area (Å²) >= 11 is 0. The fourth-order valence-electron chi connectivity index (χ4n) is 4.38. The molecule has 30 heavy (non-hydrogen) atoms. The van der Waals surface area contributed by atoms with Gasteiger partial charge in [0, 0.05) is 17.3 Å². The number of benzene rings is 1. The summed E-state index contributed by atoms with van der Waals surface area (Å²) in [6, 6.07) is 9.59. The van der Waals surface area contributed by atoms with Crippen molar-refractivity contribution < 1.29 is 4.92 Å². The molecule has 1 saturated carbocycles. The number of anilines is 1. The quantitative estimate of drug-likeness (QED) is 0.438. The van der Waals surface area contributed by atoms with Crippen molar-refractivity contribution in [3.8, 4) is 0 Å². The summed E-state index contributed by atoms with van der Waals surface area (Å²) in [5.41, 5.74) is 12.5. The maximum absolute atomic E-state index is 11.6. The van der Waals surface area contributed by atoms with Gasteiger partial charge in [-0.15, -0.1) is 0 Å². The first-order valence-corrected chi connectivity index (χ1v) is 10.3. The van der Waals surface area contributed by atoms with Crippen molar-refractivity contribution in [2.45, 2.75) is 37.8 Å². The van der Waals surface area contributed by atoms with Crippen molar-refractivity contribution in [1.82, 2.24) is 10.3 Å². The number of nitrogens with zero attached hydrogens (tertiary/aromatic N) is 3. The van der Waals surface area contributed by atoms with E-state index in [4.69, 9.17) is 11.5 Å². The van der Waals surface area contributed by atoms with Crippen LogP contribution in [-0.4, -0.2) is 28.1 Å².